The summed E-state index contributed by atoms with van der Waals surface area (Å²) in [6.07, 6.45) is 4.27. The Kier molecular flexibility index (Phi) is 8.64. The van der Waals surface area contributed by atoms with Crippen molar-refractivity contribution in [1.82, 2.24) is 25.4 Å². The summed E-state index contributed by atoms with van der Waals surface area (Å²) in [6.45, 7) is 5.19. The van der Waals surface area contributed by atoms with Crippen LogP contribution in [0.25, 0.3) is 0 Å². The van der Waals surface area contributed by atoms with Gasteiger partial charge in [-0.25, -0.2) is 4.99 Å². The zero-order valence-corrected chi connectivity index (χ0v) is 18.1. The van der Waals surface area contributed by atoms with Crippen LogP contribution >= 0.6 is 35.6 Å². The lowest BCUT2D eigenvalue weighted by molar-refractivity contribution is 0.508. The monoisotopic (exact) mass is 488 g/mol. The summed E-state index contributed by atoms with van der Waals surface area (Å²) >= 11 is 6.21. The van der Waals surface area contributed by atoms with Crippen LogP contribution in [0.1, 0.15) is 37.0 Å². The summed E-state index contributed by atoms with van der Waals surface area (Å²) in [5.74, 6) is 2.83. The molecule has 3 rings (SSSR count). The summed E-state index contributed by atoms with van der Waals surface area (Å²) in [4.78, 5) is 4.66. The summed E-state index contributed by atoms with van der Waals surface area (Å²) in [6, 6.07) is 7.93. The van der Waals surface area contributed by atoms with Gasteiger partial charge in [0.05, 0.1) is 0 Å². The third-order valence-electron chi connectivity index (χ3n) is 4.30. The fraction of sp³-hybridized carbons (Fsp3) is 0.500. The van der Waals surface area contributed by atoms with Gasteiger partial charge in [-0.1, -0.05) is 29.8 Å². The summed E-state index contributed by atoms with van der Waals surface area (Å²) in [7, 11) is 0. The van der Waals surface area contributed by atoms with Crippen LogP contribution in [0, 0.1) is 0 Å². The number of halogens is 2. The molecule has 1 aliphatic rings. The van der Waals surface area contributed by atoms with Gasteiger partial charge < -0.3 is 15.2 Å². The average Bonchev–Trinajstić information content (AvgIpc) is 3.04. The third-order valence-corrected chi connectivity index (χ3v) is 4.67. The lowest BCUT2D eigenvalue weighted by atomic mass is 10.1. The van der Waals surface area contributed by atoms with Crippen LogP contribution in [-0.2, 0) is 25.9 Å². The maximum absolute atomic E-state index is 6.21. The Balaban J connectivity index is 0.00000243. The number of fused-ring (bicyclic) bond motifs is 1. The quantitative estimate of drug-likeness (QED) is 0.372. The molecule has 0 aliphatic carbocycles. The van der Waals surface area contributed by atoms with Crippen molar-refractivity contribution in [3.63, 3.8) is 0 Å². The van der Waals surface area contributed by atoms with Crippen LogP contribution in [-0.4, -0.2) is 33.8 Å². The van der Waals surface area contributed by atoms with Crippen LogP contribution in [0.3, 0.4) is 0 Å². The van der Waals surface area contributed by atoms with Gasteiger partial charge in [0.25, 0.3) is 0 Å². The predicted molar refractivity (Wildman–Crippen MR) is 116 cm³/mol. The number of aliphatic imine (C=N–C) groups is 1. The van der Waals surface area contributed by atoms with Gasteiger partial charge in [-0.05, 0) is 37.8 Å². The van der Waals surface area contributed by atoms with E-state index in [1.165, 1.54) is 12.8 Å². The molecule has 1 aromatic carbocycles. The van der Waals surface area contributed by atoms with Crippen molar-refractivity contribution in [3.05, 3.63) is 46.5 Å². The predicted octanol–water partition coefficient (Wildman–Crippen LogP) is 3.18. The Bertz CT molecular complexity index is 730. The molecule has 1 aliphatic heterocycles. The molecule has 0 atom stereocenters. The normalized spacial score (nSPS) is 13.7. The highest BCUT2D eigenvalue weighted by Gasteiger charge is 2.15. The molecule has 0 spiro atoms. The van der Waals surface area contributed by atoms with Crippen molar-refractivity contribution in [3.8, 4) is 0 Å². The number of aryl methyl sites for hydroxylation is 1. The van der Waals surface area contributed by atoms with E-state index in [9.17, 15) is 0 Å². The van der Waals surface area contributed by atoms with Crippen molar-refractivity contribution in [1.29, 1.82) is 0 Å². The molecule has 26 heavy (non-hydrogen) atoms. The van der Waals surface area contributed by atoms with Crippen molar-refractivity contribution in [2.45, 2.75) is 45.7 Å². The first-order chi connectivity index (χ1) is 12.3. The Morgan fingerprint density at radius 3 is 2.88 bits per heavy atom. The van der Waals surface area contributed by atoms with E-state index in [2.05, 4.69) is 43.4 Å². The zero-order valence-electron chi connectivity index (χ0n) is 15.0. The number of guanidine groups is 1. The number of nitrogens with zero attached hydrogens (tertiary/aromatic N) is 4. The van der Waals surface area contributed by atoms with E-state index < -0.39 is 0 Å². The number of benzene rings is 1. The van der Waals surface area contributed by atoms with Gasteiger partial charge in [-0.15, -0.1) is 34.2 Å². The molecule has 0 saturated heterocycles. The maximum Gasteiger partial charge on any atom is 0.191 e. The molecule has 0 bridgehead atoms. The molecular weight excluding hydrogens is 463 g/mol. The molecule has 8 heteroatoms. The van der Waals surface area contributed by atoms with Crippen LogP contribution in [0.2, 0.25) is 5.02 Å². The first-order valence-corrected chi connectivity index (χ1v) is 9.32. The molecule has 2 heterocycles. The standard InChI is InChI=1S/C18H25ClN6.HI/c1-2-20-18(21-11-10-14-7-3-4-8-15(14)19)22-13-17-24-23-16-9-5-6-12-25(16)17;/h3-4,7-8H,2,5-6,9-13H2,1H3,(H2,20,21,22);1H. The summed E-state index contributed by atoms with van der Waals surface area (Å²) < 4.78 is 2.21. The lowest BCUT2D eigenvalue weighted by Gasteiger charge is -2.15. The van der Waals surface area contributed by atoms with Crippen LogP contribution in [0.5, 0.6) is 0 Å². The van der Waals surface area contributed by atoms with Gasteiger partial charge in [0.15, 0.2) is 11.8 Å². The molecule has 0 unspecified atom stereocenters. The smallest absolute Gasteiger partial charge is 0.191 e. The molecule has 6 nitrogen and oxygen atoms in total. The van der Waals surface area contributed by atoms with E-state index in [0.717, 1.165) is 60.7 Å². The number of rotatable bonds is 6. The molecule has 2 aromatic rings. The van der Waals surface area contributed by atoms with Crippen molar-refractivity contribution < 1.29 is 0 Å². The molecule has 2 N–H and O–H groups in total. The SMILES string of the molecule is CCNC(=NCc1nnc2n1CCCC2)NCCc1ccccc1Cl.I. The largest absolute Gasteiger partial charge is 0.357 e. The first kappa shape index (κ1) is 21.0. The molecule has 0 fully saturated rings. The second-order valence-corrected chi connectivity index (χ2v) is 6.51. The highest BCUT2D eigenvalue weighted by atomic mass is 127. The maximum atomic E-state index is 6.21. The average molecular weight is 489 g/mol. The number of nitrogens with one attached hydrogen (secondary N) is 2. The number of aromatic nitrogens is 3. The molecule has 1 aromatic heterocycles. The fourth-order valence-electron chi connectivity index (χ4n) is 2.99. The summed E-state index contributed by atoms with van der Waals surface area (Å²) in [5, 5.41) is 16.0. The van der Waals surface area contributed by atoms with Crippen molar-refractivity contribution in [2.24, 2.45) is 4.99 Å². The fourth-order valence-corrected chi connectivity index (χ4v) is 3.22. The highest BCUT2D eigenvalue weighted by molar-refractivity contribution is 14.0. The first-order valence-electron chi connectivity index (χ1n) is 8.94. The number of hydrogen-bond donors (Lipinski definition) is 2. The second-order valence-electron chi connectivity index (χ2n) is 6.10. The van der Waals surface area contributed by atoms with Gasteiger partial charge in [0.1, 0.15) is 12.4 Å². The van der Waals surface area contributed by atoms with E-state index >= 15 is 0 Å². The molecule has 0 radical (unpaired) electrons. The Morgan fingerprint density at radius 2 is 2.08 bits per heavy atom. The van der Waals surface area contributed by atoms with E-state index in [0.29, 0.717) is 6.54 Å². The molecular formula is C18H26ClIN6. The van der Waals surface area contributed by atoms with E-state index in [-0.39, 0.29) is 24.0 Å². The van der Waals surface area contributed by atoms with Crippen LogP contribution in [0.4, 0.5) is 0 Å². The molecule has 142 valence electrons. The second kappa shape index (κ2) is 10.7. The van der Waals surface area contributed by atoms with E-state index in [1.807, 2.05) is 18.2 Å². The Hall–Kier alpha value is -1.35. The summed E-state index contributed by atoms with van der Waals surface area (Å²) in [5.41, 5.74) is 1.14. The molecule has 0 amide bonds. The van der Waals surface area contributed by atoms with E-state index in [4.69, 9.17) is 11.6 Å². The van der Waals surface area contributed by atoms with Gasteiger partial charge in [-0.3, -0.25) is 0 Å². The van der Waals surface area contributed by atoms with Gasteiger partial charge in [0.2, 0.25) is 0 Å². The topological polar surface area (TPSA) is 67.1 Å². The lowest BCUT2D eigenvalue weighted by Crippen LogP contribution is -2.38. The van der Waals surface area contributed by atoms with Crippen LogP contribution in [0.15, 0.2) is 29.3 Å². The molecule has 0 saturated carbocycles. The van der Waals surface area contributed by atoms with Gasteiger partial charge in [0, 0.05) is 31.1 Å². The third kappa shape index (κ3) is 5.57. The minimum absolute atomic E-state index is 0. The number of hydrogen-bond acceptors (Lipinski definition) is 3. The van der Waals surface area contributed by atoms with Gasteiger partial charge in [-0.2, -0.15) is 0 Å². The minimum atomic E-state index is 0. The Labute approximate surface area is 176 Å². The van der Waals surface area contributed by atoms with Gasteiger partial charge >= 0.3 is 0 Å². The minimum Gasteiger partial charge on any atom is -0.357 e. The van der Waals surface area contributed by atoms with E-state index in [1.54, 1.807) is 0 Å². The Morgan fingerprint density at radius 1 is 1.23 bits per heavy atom. The van der Waals surface area contributed by atoms with Crippen molar-refractivity contribution >= 4 is 41.5 Å². The highest BCUT2D eigenvalue weighted by Crippen LogP contribution is 2.15. The zero-order chi connectivity index (χ0) is 17.5. The van der Waals surface area contributed by atoms with Crippen molar-refractivity contribution in [2.75, 3.05) is 13.1 Å². The van der Waals surface area contributed by atoms with Crippen LogP contribution < -0.4 is 10.6 Å².